The summed E-state index contributed by atoms with van der Waals surface area (Å²) in [7, 11) is -3.47. The summed E-state index contributed by atoms with van der Waals surface area (Å²) < 4.78 is 33.1. The largest absolute Gasteiger partial charge is 0.488 e. The van der Waals surface area contributed by atoms with Crippen molar-refractivity contribution in [1.29, 1.82) is 0 Å². The predicted octanol–water partition coefficient (Wildman–Crippen LogP) is 4.57. The van der Waals surface area contributed by atoms with Gasteiger partial charge in [0.15, 0.2) is 0 Å². The summed E-state index contributed by atoms with van der Waals surface area (Å²) in [6, 6.07) is 13.0. The van der Waals surface area contributed by atoms with E-state index in [-0.39, 0.29) is 5.91 Å². The molecule has 0 radical (unpaired) electrons. The summed E-state index contributed by atoms with van der Waals surface area (Å²) in [6.07, 6.45) is 3.96. The molecule has 1 aromatic carbocycles. The Labute approximate surface area is 196 Å². The number of benzene rings is 1. The zero-order valence-electron chi connectivity index (χ0n) is 17.6. The van der Waals surface area contributed by atoms with Crippen LogP contribution in [0, 0.1) is 0 Å². The first-order valence-corrected chi connectivity index (χ1v) is 13.4. The van der Waals surface area contributed by atoms with Crippen LogP contribution < -0.4 is 4.74 Å². The number of rotatable bonds is 7. The highest BCUT2D eigenvalue weighted by Crippen LogP contribution is 2.25. The Kier molecular flexibility index (Phi) is 7.10. The molecule has 6 nitrogen and oxygen atoms in total. The number of piperazine rings is 1. The van der Waals surface area contributed by atoms with E-state index in [4.69, 9.17) is 4.74 Å². The van der Waals surface area contributed by atoms with E-state index in [0.717, 1.165) is 16.9 Å². The molecule has 32 heavy (non-hydrogen) atoms. The quantitative estimate of drug-likeness (QED) is 0.489. The Morgan fingerprint density at radius 2 is 1.88 bits per heavy atom. The number of amides is 1. The van der Waals surface area contributed by atoms with Crippen LogP contribution in [0.5, 0.6) is 5.75 Å². The lowest BCUT2D eigenvalue weighted by atomic mass is 10.2. The van der Waals surface area contributed by atoms with Crippen LogP contribution in [-0.2, 0) is 16.6 Å². The summed E-state index contributed by atoms with van der Waals surface area (Å²) in [6.45, 7) is 3.70. The van der Waals surface area contributed by atoms with Gasteiger partial charge in [0.1, 0.15) is 16.6 Å². The van der Waals surface area contributed by atoms with Crippen LogP contribution in [0.1, 0.15) is 27.7 Å². The maximum Gasteiger partial charge on any atom is 0.264 e. The van der Waals surface area contributed by atoms with E-state index in [9.17, 15) is 13.2 Å². The lowest BCUT2D eigenvalue weighted by molar-refractivity contribution is 0.0703. The maximum atomic E-state index is 12.9. The smallest absolute Gasteiger partial charge is 0.264 e. The van der Waals surface area contributed by atoms with E-state index in [2.05, 4.69) is 0 Å². The van der Waals surface area contributed by atoms with Gasteiger partial charge in [0.25, 0.3) is 15.9 Å². The Morgan fingerprint density at radius 3 is 2.59 bits per heavy atom. The minimum atomic E-state index is -3.47. The molecule has 0 aliphatic carbocycles. The van der Waals surface area contributed by atoms with Crippen molar-refractivity contribution in [1.82, 2.24) is 9.21 Å². The number of para-hydroxylation sites is 1. The van der Waals surface area contributed by atoms with E-state index in [1.54, 1.807) is 22.4 Å². The number of nitrogens with zero attached hydrogens (tertiary/aromatic N) is 2. The van der Waals surface area contributed by atoms with Crippen molar-refractivity contribution >= 4 is 44.7 Å². The second kappa shape index (κ2) is 9.99. The van der Waals surface area contributed by atoms with Gasteiger partial charge >= 0.3 is 0 Å². The molecule has 4 rings (SSSR count). The highest BCUT2D eigenvalue weighted by atomic mass is 32.2. The molecular weight excluding hydrogens is 464 g/mol. The van der Waals surface area contributed by atoms with Crippen molar-refractivity contribution in [3.8, 4) is 5.75 Å². The van der Waals surface area contributed by atoms with E-state index in [1.807, 2.05) is 54.8 Å². The number of hydrogen-bond acceptors (Lipinski definition) is 6. The monoisotopic (exact) mass is 488 g/mol. The fourth-order valence-electron chi connectivity index (χ4n) is 3.48. The Balaban J connectivity index is 1.35. The normalized spacial score (nSPS) is 15.3. The summed E-state index contributed by atoms with van der Waals surface area (Å²) in [5.74, 6) is 0.733. The van der Waals surface area contributed by atoms with Gasteiger partial charge in [-0.1, -0.05) is 36.4 Å². The first-order valence-electron chi connectivity index (χ1n) is 10.2. The first-order chi connectivity index (χ1) is 15.5. The Morgan fingerprint density at radius 1 is 1.09 bits per heavy atom. The third-order valence-corrected chi connectivity index (χ3v) is 9.38. The number of hydrogen-bond donors (Lipinski definition) is 0. The van der Waals surface area contributed by atoms with E-state index in [1.165, 1.54) is 27.0 Å². The molecule has 0 N–H and O–H groups in total. The molecule has 1 saturated heterocycles. The summed E-state index contributed by atoms with van der Waals surface area (Å²) in [4.78, 5) is 15.3. The fourth-order valence-corrected chi connectivity index (χ4v) is 6.91. The number of carbonyl (C=O) groups is 1. The number of carbonyl (C=O) groups excluding carboxylic acids is 1. The van der Waals surface area contributed by atoms with Crippen molar-refractivity contribution in [2.24, 2.45) is 0 Å². The lowest BCUT2D eigenvalue weighted by Crippen LogP contribution is -2.50. The van der Waals surface area contributed by atoms with Gasteiger partial charge in [-0.15, -0.1) is 22.7 Å². The average Bonchev–Trinajstić information content (AvgIpc) is 3.51. The number of allylic oxidation sites excluding steroid dienone is 1. The van der Waals surface area contributed by atoms with Gasteiger partial charge in [-0.25, -0.2) is 8.42 Å². The van der Waals surface area contributed by atoms with Gasteiger partial charge < -0.3 is 9.64 Å². The molecule has 1 amide bonds. The zero-order valence-corrected chi connectivity index (χ0v) is 20.1. The van der Waals surface area contributed by atoms with Gasteiger partial charge in [-0.05, 0) is 35.9 Å². The SMILES string of the molecule is C/C=C/c1ccccc1OCc1csc(C(=O)N2CCN(S(=O)(=O)c3cccs3)CC2)c1. The maximum absolute atomic E-state index is 12.9. The van der Waals surface area contributed by atoms with Crippen LogP contribution in [0.2, 0.25) is 0 Å². The minimum absolute atomic E-state index is 0.0660. The van der Waals surface area contributed by atoms with Crippen LogP contribution >= 0.6 is 22.7 Å². The van der Waals surface area contributed by atoms with E-state index >= 15 is 0 Å². The molecule has 9 heteroatoms. The molecule has 0 unspecified atom stereocenters. The molecule has 168 valence electrons. The summed E-state index contributed by atoms with van der Waals surface area (Å²) in [5, 5.41) is 3.69. The van der Waals surface area contributed by atoms with Crippen LogP contribution in [0.4, 0.5) is 0 Å². The zero-order chi connectivity index (χ0) is 22.6. The second-order valence-electron chi connectivity index (χ2n) is 7.27. The van der Waals surface area contributed by atoms with Gasteiger partial charge in [-0.2, -0.15) is 4.31 Å². The highest BCUT2D eigenvalue weighted by Gasteiger charge is 2.31. The van der Waals surface area contributed by atoms with Crippen molar-refractivity contribution in [3.05, 3.63) is 75.3 Å². The fraction of sp³-hybridized carbons (Fsp3) is 0.261. The third kappa shape index (κ3) is 4.96. The van der Waals surface area contributed by atoms with Crippen molar-refractivity contribution < 1.29 is 17.9 Å². The number of thiophene rings is 2. The average molecular weight is 489 g/mol. The van der Waals surface area contributed by atoms with Gasteiger partial charge in [0.2, 0.25) is 0 Å². The third-order valence-electron chi connectivity index (χ3n) is 5.14. The molecule has 2 aromatic heterocycles. The van der Waals surface area contributed by atoms with Crippen LogP contribution in [0.25, 0.3) is 6.08 Å². The molecule has 0 bridgehead atoms. The topological polar surface area (TPSA) is 66.9 Å². The molecule has 1 fully saturated rings. The standard InChI is InChI=1S/C23H24N2O4S3/c1-2-6-19-7-3-4-8-20(19)29-16-18-15-21(31-17-18)23(26)24-10-12-25(13-11-24)32(27,28)22-9-5-14-30-22/h2-9,14-15,17H,10-13,16H2,1H3/b6-2+. The lowest BCUT2D eigenvalue weighted by Gasteiger charge is -2.33. The molecule has 0 saturated carbocycles. The predicted molar refractivity (Wildman–Crippen MR) is 129 cm³/mol. The Hall–Kier alpha value is -2.46. The molecular formula is C23H24N2O4S3. The highest BCUT2D eigenvalue weighted by molar-refractivity contribution is 7.91. The van der Waals surface area contributed by atoms with Gasteiger partial charge in [-0.3, -0.25) is 4.79 Å². The molecule has 3 heterocycles. The van der Waals surface area contributed by atoms with E-state index in [0.29, 0.717) is 41.9 Å². The van der Waals surface area contributed by atoms with Crippen LogP contribution in [0.15, 0.2) is 63.5 Å². The summed E-state index contributed by atoms with van der Waals surface area (Å²) >= 11 is 2.60. The summed E-state index contributed by atoms with van der Waals surface area (Å²) in [5.41, 5.74) is 1.95. The molecule has 1 aliphatic heterocycles. The molecule has 0 atom stereocenters. The Bertz CT molecular complexity index is 1190. The molecule has 3 aromatic rings. The van der Waals surface area contributed by atoms with Crippen molar-refractivity contribution in [3.63, 3.8) is 0 Å². The number of ether oxygens (including phenoxy) is 1. The number of sulfonamides is 1. The minimum Gasteiger partial charge on any atom is -0.488 e. The molecule has 0 spiro atoms. The van der Waals surface area contributed by atoms with Crippen LogP contribution in [0.3, 0.4) is 0 Å². The van der Waals surface area contributed by atoms with Crippen molar-refractivity contribution in [2.75, 3.05) is 26.2 Å². The first kappa shape index (κ1) is 22.7. The molecule has 1 aliphatic rings. The van der Waals surface area contributed by atoms with Gasteiger partial charge in [0.05, 0.1) is 4.88 Å². The van der Waals surface area contributed by atoms with Crippen LogP contribution in [-0.4, -0.2) is 49.7 Å². The van der Waals surface area contributed by atoms with Crippen molar-refractivity contribution in [2.45, 2.75) is 17.7 Å². The van der Waals surface area contributed by atoms with E-state index < -0.39 is 10.0 Å². The van der Waals surface area contributed by atoms with Gasteiger partial charge in [0, 0.05) is 37.3 Å². The second-order valence-corrected chi connectivity index (χ2v) is 11.3.